The number of ether oxygens (including phenoxy) is 1. The van der Waals surface area contributed by atoms with Crippen molar-refractivity contribution in [2.75, 3.05) is 20.3 Å². The van der Waals surface area contributed by atoms with Gasteiger partial charge in [-0.2, -0.15) is 0 Å². The third-order valence-corrected chi connectivity index (χ3v) is 4.60. The van der Waals surface area contributed by atoms with Gasteiger partial charge in [-0.15, -0.1) is 0 Å². The number of imide groups is 1. The van der Waals surface area contributed by atoms with E-state index in [0.29, 0.717) is 19.7 Å². The van der Waals surface area contributed by atoms with Gasteiger partial charge in [0, 0.05) is 20.2 Å². The Kier molecular flexibility index (Phi) is 6.98. The number of aromatic nitrogens is 4. The Morgan fingerprint density at radius 3 is 2.55 bits per heavy atom. The van der Waals surface area contributed by atoms with Crippen molar-refractivity contribution >= 4 is 23.1 Å². The fraction of sp³-hybridized carbons (Fsp3) is 0.350. The average molecular weight is 428 g/mol. The number of rotatable bonds is 8. The molecule has 0 atom stereocenters. The topological polar surface area (TPSA) is 129 Å². The van der Waals surface area contributed by atoms with Crippen LogP contribution in [0.15, 0.2) is 46.2 Å². The zero-order valence-corrected chi connectivity index (χ0v) is 17.3. The maximum atomic E-state index is 13.1. The van der Waals surface area contributed by atoms with Crippen LogP contribution in [0, 0.1) is 0 Å². The lowest BCUT2D eigenvalue weighted by Gasteiger charge is -2.13. The molecule has 0 spiro atoms. The van der Waals surface area contributed by atoms with E-state index in [0.717, 1.165) is 10.1 Å². The van der Waals surface area contributed by atoms with Crippen LogP contribution in [-0.2, 0) is 29.2 Å². The predicted octanol–water partition coefficient (Wildman–Crippen LogP) is -0.0999. The first kappa shape index (κ1) is 22.0. The highest BCUT2D eigenvalue weighted by Crippen LogP contribution is 2.09. The minimum atomic E-state index is -0.779. The molecule has 0 aliphatic heterocycles. The number of nitrogens with one attached hydrogen (secondary N) is 2. The molecule has 2 heterocycles. The maximum Gasteiger partial charge on any atom is 0.333 e. The Labute approximate surface area is 177 Å². The Balaban J connectivity index is 2.09. The number of imidazole rings is 1. The van der Waals surface area contributed by atoms with Gasteiger partial charge in [-0.3, -0.25) is 19.5 Å². The summed E-state index contributed by atoms with van der Waals surface area (Å²) >= 11 is 0. The minimum Gasteiger partial charge on any atom is -0.383 e. The highest BCUT2D eigenvalue weighted by atomic mass is 16.5. The summed E-state index contributed by atoms with van der Waals surface area (Å²) in [5.41, 5.74) is -0.128. The largest absolute Gasteiger partial charge is 0.383 e. The normalized spacial score (nSPS) is 10.9. The molecular weight excluding hydrogens is 404 g/mol. The zero-order chi connectivity index (χ0) is 22.4. The van der Waals surface area contributed by atoms with Crippen molar-refractivity contribution in [3.8, 4) is 0 Å². The van der Waals surface area contributed by atoms with Crippen molar-refractivity contribution in [3.63, 3.8) is 0 Å². The molecule has 0 bridgehead atoms. The van der Waals surface area contributed by atoms with E-state index in [1.807, 2.05) is 30.3 Å². The summed E-state index contributed by atoms with van der Waals surface area (Å²) < 4.78 is 8.82. The van der Waals surface area contributed by atoms with Crippen LogP contribution in [0.25, 0.3) is 11.2 Å². The number of urea groups is 1. The molecule has 164 valence electrons. The molecule has 1 aromatic carbocycles. The van der Waals surface area contributed by atoms with E-state index in [1.165, 1.54) is 18.0 Å². The standard InChI is InChI=1S/C20H24N6O5/c1-3-21-19(29)23-15(27)12-26-18(28)16-17(22-13-24(16)9-10-31-2)25(20(26)30)11-14-7-5-4-6-8-14/h4-8,13H,3,9-12H2,1-2H3,(H2,21,23,27,29). The molecule has 0 radical (unpaired) electrons. The fourth-order valence-corrected chi connectivity index (χ4v) is 3.16. The summed E-state index contributed by atoms with van der Waals surface area (Å²) in [5, 5.41) is 4.53. The molecule has 0 saturated carbocycles. The molecule has 2 aromatic heterocycles. The van der Waals surface area contributed by atoms with E-state index in [1.54, 1.807) is 11.5 Å². The Morgan fingerprint density at radius 2 is 1.87 bits per heavy atom. The van der Waals surface area contributed by atoms with Gasteiger partial charge in [0.05, 0.1) is 19.5 Å². The molecule has 3 aromatic rings. The molecule has 3 rings (SSSR count). The molecule has 0 aliphatic carbocycles. The molecule has 0 aliphatic rings. The van der Waals surface area contributed by atoms with Crippen molar-refractivity contribution in [1.29, 1.82) is 0 Å². The number of benzene rings is 1. The van der Waals surface area contributed by atoms with Crippen LogP contribution in [0.4, 0.5) is 4.79 Å². The van der Waals surface area contributed by atoms with Gasteiger partial charge in [0.15, 0.2) is 11.2 Å². The first-order valence-electron chi connectivity index (χ1n) is 9.75. The molecule has 0 unspecified atom stereocenters. The maximum absolute atomic E-state index is 13.1. The van der Waals surface area contributed by atoms with Crippen LogP contribution in [0.2, 0.25) is 0 Å². The number of nitrogens with zero attached hydrogens (tertiary/aromatic N) is 4. The lowest BCUT2D eigenvalue weighted by molar-refractivity contribution is -0.120. The van der Waals surface area contributed by atoms with Crippen LogP contribution in [-0.4, -0.2) is 50.9 Å². The molecule has 31 heavy (non-hydrogen) atoms. The summed E-state index contributed by atoms with van der Waals surface area (Å²) in [7, 11) is 1.54. The van der Waals surface area contributed by atoms with Crippen LogP contribution < -0.4 is 21.9 Å². The SMILES string of the molecule is CCNC(=O)NC(=O)Cn1c(=O)c2c(ncn2CCOC)n(Cc2ccccc2)c1=O. The molecule has 2 N–H and O–H groups in total. The van der Waals surface area contributed by atoms with Crippen molar-refractivity contribution in [3.05, 3.63) is 63.1 Å². The van der Waals surface area contributed by atoms with E-state index < -0.39 is 29.7 Å². The lowest BCUT2D eigenvalue weighted by atomic mass is 10.2. The van der Waals surface area contributed by atoms with E-state index in [2.05, 4.69) is 15.6 Å². The fourth-order valence-electron chi connectivity index (χ4n) is 3.16. The first-order valence-corrected chi connectivity index (χ1v) is 9.75. The molecule has 0 fully saturated rings. The minimum absolute atomic E-state index is 0.162. The van der Waals surface area contributed by atoms with E-state index >= 15 is 0 Å². The van der Waals surface area contributed by atoms with Crippen molar-refractivity contribution in [1.82, 2.24) is 29.3 Å². The second-order valence-electron chi connectivity index (χ2n) is 6.76. The smallest absolute Gasteiger partial charge is 0.333 e. The lowest BCUT2D eigenvalue weighted by Crippen LogP contribution is -2.47. The number of fused-ring (bicyclic) bond motifs is 1. The van der Waals surface area contributed by atoms with Gasteiger partial charge in [-0.1, -0.05) is 30.3 Å². The van der Waals surface area contributed by atoms with Gasteiger partial charge < -0.3 is 14.6 Å². The van der Waals surface area contributed by atoms with Crippen molar-refractivity contribution in [2.45, 2.75) is 26.6 Å². The number of amides is 3. The van der Waals surface area contributed by atoms with E-state index in [9.17, 15) is 19.2 Å². The summed E-state index contributed by atoms with van der Waals surface area (Å²) in [5.74, 6) is -0.779. The van der Waals surface area contributed by atoms with Gasteiger partial charge in [0.2, 0.25) is 5.91 Å². The summed E-state index contributed by atoms with van der Waals surface area (Å²) in [6, 6.07) is 8.52. The number of hydrogen-bond donors (Lipinski definition) is 2. The van der Waals surface area contributed by atoms with Gasteiger partial charge >= 0.3 is 11.7 Å². The summed E-state index contributed by atoms with van der Waals surface area (Å²) in [6.07, 6.45) is 1.46. The van der Waals surface area contributed by atoms with Crippen LogP contribution in [0.1, 0.15) is 12.5 Å². The monoisotopic (exact) mass is 428 g/mol. The molecular formula is C20H24N6O5. The molecule has 11 heteroatoms. The second-order valence-corrected chi connectivity index (χ2v) is 6.76. The van der Waals surface area contributed by atoms with Gasteiger partial charge in [0.25, 0.3) is 5.56 Å². The van der Waals surface area contributed by atoms with Crippen LogP contribution in [0.3, 0.4) is 0 Å². The number of hydrogen-bond acceptors (Lipinski definition) is 6. The third kappa shape index (κ3) is 4.89. The highest BCUT2D eigenvalue weighted by molar-refractivity contribution is 5.94. The number of carbonyl (C=O) groups is 2. The first-order chi connectivity index (χ1) is 15.0. The van der Waals surface area contributed by atoms with Gasteiger partial charge in [-0.25, -0.2) is 19.1 Å². The Bertz CT molecular complexity index is 1190. The quantitative estimate of drug-likeness (QED) is 0.516. The number of carbonyl (C=O) groups excluding carboxylic acids is 2. The summed E-state index contributed by atoms with van der Waals surface area (Å²) in [6.45, 7) is 2.27. The average Bonchev–Trinajstić information content (AvgIpc) is 3.17. The molecule has 3 amide bonds. The zero-order valence-electron chi connectivity index (χ0n) is 17.3. The number of methoxy groups -OCH3 is 1. The summed E-state index contributed by atoms with van der Waals surface area (Å²) in [4.78, 5) is 54.4. The van der Waals surface area contributed by atoms with Gasteiger partial charge in [0.1, 0.15) is 6.54 Å². The van der Waals surface area contributed by atoms with Gasteiger partial charge in [-0.05, 0) is 12.5 Å². The molecule has 11 nitrogen and oxygen atoms in total. The van der Waals surface area contributed by atoms with Crippen LogP contribution >= 0.6 is 0 Å². The highest BCUT2D eigenvalue weighted by Gasteiger charge is 2.20. The molecule has 0 saturated heterocycles. The predicted molar refractivity (Wildman–Crippen MR) is 113 cm³/mol. The van der Waals surface area contributed by atoms with E-state index in [-0.39, 0.29) is 17.7 Å². The van der Waals surface area contributed by atoms with Crippen molar-refractivity contribution < 1.29 is 14.3 Å². The van der Waals surface area contributed by atoms with Crippen LogP contribution in [0.5, 0.6) is 0 Å². The second kappa shape index (κ2) is 9.85. The Morgan fingerprint density at radius 1 is 1.13 bits per heavy atom. The van der Waals surface area contributed by atoms with Crippen molar-refractivity contribution in [2.24, 2.45) is 0 Å². The third-order valence-electron chi connectivity index (χ3n) is 4.60. The van der Waals surface area contributed by atoms with E-state index in [4.69, 9.17) is 4.74 Å². The Hall–Kier alpha value is -3.73.